The largest absolute Gasteiger partial charge is 0.352 e. The number of hydrogen-bond donors (Lipinski definition) is 1. The lowest BCUT2D eigenvalue weighted by molar-refractivity contribution is -0.130. The van der Waals surface area contributed by atoms with Gasteiger partial charge in [0.2, 0.25) is 5.91 Å². The smallest absolute Gasteiger partial charge is 0.251 e. The van der Waals surface area contributed by atoms with Crippen LogP contribution in [0, 0.1) is 5.92 Å². The van der Waals surface area contributed by atoms with Crippen molar-refractivity contribution >= 4 is 11.8 Å². The van der Waals surface area contributed by atoms with Gasteiger partial charge in [-0.2, -0.15) is 0 Å². The molecule has 0 spiro atoms. The average Bonchev–Trinajstić information content (AvgIpc) is 3.01. The molecule has 0 saturated carbocycles. The van der Waals surface area contributed by atoms with Gasteiger partial charge < -0.3 is 15.1 Å². The molecule has 0 unspecified atom stereocenters. The number of amides is 2. The Bertz CT molecular complexity index is 643. The van der Waals surface area contributed by atoms with Gasteiger partial charge in [0.25, 0.3) is 5.91 Å². The second-order valence-electron chi connectivity index (χ2n) is 8.72. The molecule has 5 heteroatoms. The lowest BCUT2D eigenvalue weighted by Gasteiger charge is -2.31. The average molecular weight is 400 g/mol. The second-order valence-corrected chi connectivity index (χ2v) is 8.72. The molecule has 0 bridgehead atoms. The summed E-state index contributed by atoms with van der Waals surface area (Å²) >= 11 is 0. The van der Waals surface area contributed by atoms with Crippen LogP contribution in [0.4, 0.5) is 0 Å². The number of carbonyl (C=O) groups is 2. The molecular weight excluding hydrogens is 362 g/mol. The molecule has 160 valence electrons. The predicted octanol–water partition coefficient (Wildman–Crippen LogP) is 3.48. The topological polar surface area (TPSA) is 52.7 Å². The molecule has 2 fully saturated rings. The first kappa shape index (κ1) is 21.8. The van der Waals surface area contributed by atoms with Crippen LogP contribution in [0.25, 0.3) is 0 Å². The number of hydrogen-bond acceptors (Lipinski definition) is 3. The van der Waals surface area contributed by atoms with Crippen molar-refractivity contribution in [2.45, 2.75) is 58.3 Å². The maximum Gasteiger partial charge on any atom is 0.251 e. The van der Waals surface area contributed by atoms with Gasteiger partial charge in [-0.15, -0.1) is 0 Å². The molecule has 0 aromatic heterocycles. The van der Waals surface area contributed by atoms with E-state index in [0.29, 0.717) is 5.92 Å². The summed E-state index contributed by atoms with van der Waals surface area (Å²) in [5.41, 5.74) is 2.03. The zero-order chi connectivity index (χ0) is 20.5. The third kappa shape index (κ3) is 7.14. The number of rotatable bonds is 7. The van der Waals surface area contributed by atoms with Gasteiger partial charge in [-0.1, -0.05) is 25.0 Å². The van der Waals surface area contributed by atoms with Crippen LogP contribution < -0.4 is 5.32 Å². The Morgan fingerprint density at radius 1 is 0.966 bits per heavy atom. The Kier molecular flexibility index (Phi) is 8.53. The first-order valence-electron chi connectivity index (χ1n) is 11.5. The SMILES string of the molecule is CC(=O)N1CCC(Cc2ccc(C(=O)NCCCN3CCCCCC3)cc2)CC1. The molecule has 5 nitrogen and oxygen atoms in total. The van der Waals surface area contributed by atoms with E-state index in [-0.39, 0.29) is 11.8 Å². The molecule has 0 radical (unpaired) electrons. The molecular formula is C24H37N3O2. The Balaban J connectivity index is 1.35. The van der Waals surface area contributed by atoms with Gasteiger partial charge >= 0.3 is 0 Å². The van der Waals surface area contributed by atoms with Gasteiger partial charge in [-0.25, -0.2) is 0 Å². The molecule has 2 aliphatic heterocycles. The molecule has 2 amide bonds. The monoisotopic (exact) mass is 399 g/mol. The van der Waals surface area contributed by atoms with Crippen LogP contribution in [-0.2, 0) is 11.2 Å². The molecule has 2 saturated heterocycles. The van der Waals surface area contributed by atoms with Crippen molar-refractivity contribution in [1.29, 1.82) is 0 Å². The van der Waals surface area contributed by atoms with Crippen molar-refractivity contribution in [3.8, 4) is 0 Å². The van der Waals surface area contributed by atoms with E-state index in [1.165, 1.54) is 44.3 Å². The lowest BCUT2D eigenvalue weighted by atomic mass is 9.90. The van der Waals surface area contributed by atoms with Gasteiger partial charge in [0.15, 0.2) is 0 Å². The molecule has 0 aliphatic carbocycles. The lowest BCUT2D eigenvalue weighted by Crippen LogP contribution is -2.37. The summed E-state index contributed by atoms with van der Waals surface area (Å²) in [5.74, 6) is 0.844. The molecule has 29 heavy (non-hydrogen) atoms. The maximum absolute atomic E-state index is 12.4. The number of likely N-dealkylation sites (tertiary alicyclic amines) is 2. The van der Waals surface area contributed by atoms with Gasteiger partial charge in [0.1, 0.15) is 0 Å². The Hall–Kier alpha value is -1.88. The highest BCUT2D eigenvalue weighted by Crippen LogP contribution is 2.22. The van der Waals surface area contributed by atoms with Crippen LogP contribution >= 0.6 is 0 Å². The summed E-state index contributed by atoms with van der Waals surface area (Å²) in [6.45, 7) is 7.65. The summed E-state index contributed by atoms with van der Waals surface area (Å²) in [6.07, 6.45) is 9.54. The summed E-state index contributed by atoms with van der Waals surface area (Å²) in [4.78, 5) is 28.3. The van der Waals surface area contributed by atoms with E-state index < -0.39 is 0 Å². The standard InChI is InChI=1S/C24H37N3O2/c1-20(28)27-17-11-22(12-18-27)19-21-7-9-23(10-8-21)24(29)25-13-6-16-26-14-4-2-3-5-15-26/h7-10,22H,2-6,11-19H2,1H3,(H,25,29). The van der Waals surface area contributed by atoms with Gasteiger partial charge in [0.05, 0.1) is 0 Å². The van der Waals surface area contributed by atoms with Crippen LogP contribution in [0.15, 0.2) is 24.3 Å². The summed E-state index contributed by atoms with van der Waals surface area (Å²) in [5, 5.41) is 3.07. The summed E-state index contributed by atoms with van der Waals surface area (Å²) in [6, 6.07) is 8.07. The maximum atomic E-state index is 12.4. The normalized spacial score (nSPS) is 19.0. The number of piperidine rings is 1. The van der Waals surface area contributed by atoms with E-state index >= 15 is 0 Å². The molecule has 3 rings (SSSR count). The second kappa shape index (κ2) is 11.3. The number of nitrogens with zero attached hydrogens (tertiary/aromatic N) is 2. The van der Waals surface area contributed by atoms with Crippen LogP contribution in [-0.4, -0.2) is 60.9 Å². The fourth-order valence-electron chi connectivity index (χ4n) is 4.54. The van der Waals surface area contributed by atoms with Gasteiger partial charge in [0, 0.05) is 32.1 Å². The van der Waals surface area contributed by atoms with Crippen molar-refractivity contribution in [3.63, 3.8) is 0 Å². The van der Waals surface area contributed by atoms with Crippen LogP contribution in [0.5, 0.6) is 0 Å². The molecule has 2 heterocycles. The van der Waals surface area contributed by atoms with Crippen LogP contribution in [0.1, 0.15) is 67.8 Å². The minimum Gasteiger partial charge on any atom is -0.352 e. The van der Waals surface area contributed by atoms with Crippen molar-refractivity contribution < 1.29 is 9.59 Å². The van der Waals surface area contributed by atoms with Crippen molar-refractivity contribution in [2.24, 2.45) is 5.92 Å². The molecule has 1 N–H and O–H groups in total. The van der Waals surface area contributed by atoms with E-state index in [1.807, 2.05) is 17.0 Å². The predicted molar refractivity (Wildman–Crippen MR) is 117 cm³/mol. The summed E-state index contributed by atoms with van der Waals surface area (Å²) in [7, 11) is 0. The molecule has 1 aromatic rings. The number of nitrogens with one attached hydrogen (secondary N) is 1. The minimum atomic E-state index is 0.0298. The highest BCUT2D eigenvalue weighted by molar-refractivity contribution is 5.94. The zero-order valence-corrected chi connectivity index (χ0v) is 18.0. The molecule has 2 aliphatic rings. The highest BCUT2D eigenvalue weighted by atomic mass is 16.2. The molecule has 0 atom stereocenters. The minimum absolute atomic E-state index is 0.0298. The summed E-state index contributed by atoms with van der Waals surface area (Å²) < 4.78 is 0. The van der Waals surface area contributed by atoms with Gasteiger partial charge in [-0.05, 0) is 81.8 Å². The third-order valence-corrected chi connectivity index (χ3v) is 6.44. The van der Waals surface area contributed by atoms with Crippen LogP contribution in [0.3, 0.4) is 0 Å². The first-order valence-corrected chi connectivity index (χ1v) is 11.5. The fourth-order valence-corrected chi connectivity index (χ4v) is 4.54. The van der Waals surface area contributed by atoms with E-state index in [9.17, 15) is 9.59 Å². The number of carbonyl (C=O) groups excluding carboxylic acids is 2. The Morgan fingerprint density at radius 3 is 2.24 bits per heavy atom. The Morgan fingerprint density at radius 2 is 1.62 bits per heavy atom. The van der Waals surface area contributed by atoms with E-state index in [4.69, 9.17) is 0 Å². The van der Waals surface area contributed by atoms with Crippen molar-refractivity contribution in [2.75, 3.05) is 39.3 Å². The molecule has 1 aromatic carbocycles. The Labute approximate surface area is 175 Å². The van der Waals surface area contributed by atoms with Crippen molar-refractivity contribution in [3.05, 3.63) is 35.4 Å². The highest BCUT2D eigenvalue weighted by Gasteiger charge is 2.20. The quantitative estimate of drug-likeness (QED) is 0.714. The third-order valence-electron chi connectivity index (χ3n) is 6.44. The zero-order valence-electron chi connectivity index (χ0n) is 18.0. The van der Waals surface area contributed by atoms with E-state index in [1.54, 1.807) is 6.92 Å². The van der Waals surface area contributed by atoms with Crippen LogP contribution in [0.2, 0.25) is 0 Å². The fraction of sp³-hybridized carbons (Fsp3) is 0.667. The van der Waals surface area contributed by atoms with Crippen molar-refractivity contribution in [1.82, 2.24) is 15.1 Å². The van der Waals surface area contributed by atoms with E-state index in [0.717, 1.165) is 57.4 Å². The van der Waals surface area contributed by atoms with E-state index in [2.05, 4.69) is 22.3 Å². The van der Waals surface area contributed by atoms with Gasteiger partial charge in [-0.3, -0.25) is 9.59 Å². The number of benzene rings is 1. The first-order chi connectivity index (χ1) is 14.1.